The van der Waals surface area contributed by atoms with Crippen LogP contribution in [0, 0.1) is 6.42 Å². The van der Waals surface area contributed by atoms with E-state index in [1.54, 1.807) is 10.9 Å². The molecule has 0 bridgehead atoms. The Morgan fingerprint density at radius 1 is 0.870 bits per heavy atom. The largest absolute Gasteiger partial charge is 0.0687 e. The minimum Gasteiger partial charge on any atom is -0.0687 e. The summed E-state index contributed by atoms with van der Waals surface area (Å²) in [5.74, 6) is 0. The maximum Gasteiger partial charge on any atom is -0.0166 e. The molecule has 0 atom stereocenters. The zero-order valence-electron chi connectivity index (χ0n) is 15.0. The lowest BCUT2D eigenvalue weighted by Crippen LogP contribution is -2.27. The van der Waals surface area contributed by atoms with Gasteiger partial charge in [-0.15, -0.1) is 0 Å². The van der Waals surface area contributed by atoms with Gasteiger partial charge in [-0.2, -0.15) is 0 Å². The molecule has 127 valence electrons. The molecule has 2 saturated carbocycles. The lowest BCUT2D eigenvalue weighted by Gasteiger charge is -2.39. The molecule has 2 aliphatic carbocycles. The smallest absolute Gasteiger partial charge is 0.0166 e. The third-order valence-corrected chi connectivity index (χ3v) is 9.46. The van der Waals surface area contributed by atoms with Crippen molar-refractivity contribution >= 4 is 13.2 Å². The van der Waals surface area contributed by atoms with Gasteiger partial charge in [-0.25, -0.2) is 0 Å². The van der Waals surface area contributed by atoms with Crippen LogP contribution in [0.4, 0.5) is 0 Å². The molecule has 1 radical (unpaired) electrons. The van der Waals surface area contributed by atoms with Gasteiger partial charge in [0.05, 0.1) is 0 Å². The molecule has 0 aliphatic heterocycles. The van der Waals surface area contributed by atoms with Gasteiger partial charge in [-0.05, 0) is 60.7 Å². The van der Waals surface area contributed by atoms with Crippen LogP contribution in [0.25, 0.3) is 0 Å². The Hall–Kier alpha value is -0.350. The summed E-state index contributed by atoms with van der Waals surface area (Å²) in [7, 11) is 0.0506. The van der Waals surface area contributed by atoms with E-state index >= 15 is 0 Å². The van der Waals surface area contributed by atoms with E-state index < -0.39 is 0 Å². The highest BCUT2D eigenvalue weighted by Gasteiger charge is 2.33. The Bertz CT molecular complexity index is 437. The fourth-order valence-corrected chi connectivity index (χ4v) is 8.63. The van der Waals surface area contributed by atoms with Gasteiger partial charge >= 0.3 is 0 Å². The number of unbranched alkanes of at least 4 members (excludes halogenated alkanes) is 1. The van der Waals surface area contributed by atoms with Crippen molar-refractivity contribution in [1.29, 1.82) is 0 Å². The van der Waals surface area contributed by atoms with Crippen LogP contribution >= 0.6 is 7.92 Å². The van der Waals surface area contributed by atoms with Crippen molar-refractivity contribution < 1.29 is 0 Å². The average molecular weight is 329 g/mol. The molecule has 1 aromatic carbocycles. The first-order valence-corrected chi connectivity index (χ1v) is 11.6. The molecule has 1 heteroatoms. The van der Waals surface area contributed by atoms with E-state index in [0.29, 0.717) is 0 Å². The standard InChI is InChI=1S/C22H34P/c1-2-3-12-19-13-10-11-18-22(19)23(20-14-6-4-7-15-20)21-16-8-5-9-17-21/h3,10-11,13,18,20-21H,2,4-9,12,14-17H2,1H3. The molecule has 0 amide bonds. The Morgan fingerprint density at radius 2 is 1.43 bits per heavy atom. The van der Waals surface area contributed by atoms with Crippen LogP contribution in [-0.2, 0) is 6.42 Å². The van der Waals surface area contributed by atoms with Crippen LogP contribution < -0.4 is 5.30 Å². The van der Waals surface area contributed by atoms with Crippen LogP contribution in [0.15, 0.2) is 24.3 Å². The Kier molecular flexibility index (Phi) is 7.00. The van der Waals surface area contributed by atoms with Gasteiger partial charge in [0.15, 0.2) is 0 Å². The first-order chi connectivity index (χ1) is 11.4. The van der Waals surface area contributed by atoms with Crippen molar-refractivity contribution in [1.82, 2.24) is 0 Å². The second kappa shape index (κ2) is 9.22. The number of rotatable bonds is 6. The highest BCUT2D eigenvalue weighted by molar-refractivity contribution is 7.67. The van der Waals surface area contributed by atoms with Gasteiger partial charge in [0, 0.05) is 0 Å². The van der Waals surface area contributed by atoms with Crippen LogP contribution in [0.5, 0.6) is 0 Å². The first kappa shape index (κ1) is 17.5. The summed E-state index contributed by atoms with van der Waals surface area (Å²) in [4.78, 5) is 0. The fraction of sp³-hybridized carbons (Fsp3) is 0.682. The molecule has 1 aromatic rings. The molecule has 23 heavy (non-hydrogen) atoms. The summed E-state index contributed by atoms with van der Waals surface area (Å²) >= 11 is 0. The molecule has 0 heterocycles. The van der Waals surface area contributed by atoms with Gasteiger partial charge in [0.2, 0.25) is 0 Å². The van der Waals surface area contributed by atoms with E-state index in [0.717, 1.165) is 11.3 Å². The minimum absolute atomic E-state index is 0.0506. The monoisotopic (exact) mass is 329 g/mol. The Morgan fingerprint density at radius 3 is 2.00 bits per heavy atom. The van der Waals surface area contributed by atoms with Crippen molar-refractivity contribution in [2.75, 3.05) is 0 Å². The second-order valence-electron chi connectivity index (χ2n) is 7.52. The van der Waals surface area contributed by atoms with Crippen molar-refractivity contribution in [3.05, 3.63) is 36.2 Å². The van der Waals surface area contributed by atoms with E-state index in [-0.39, 0.29) is 7.92 Å². The van der Waals surface area contributed by atoms with E-state index in [4.69, 9.17) is 0 Å². The average Bonchev–Trinajstić information content (AvgIpc) is 2.63. The predicted molar refractivity (Wildman–Crippen MR) is 105 cm³/mol. The third-order valence-electron chi connectivity index (χ3n) is 5.86. The molecule has 0 spiro atoms. The van der Waals surface area contributed by atoms with E-state index in [1.165, 1.54) is 77.0 Å². The fourth-order valence-electron chi connectivity index (χ4n) is 4.65. The predicted octanol–water partition coefficient (Wildman–Crippen LogP) is 6.62. The Labute approximate surface area is 145 Å². The van der Waals surface area contributed by atoms with Gasteiger partial charge < -0.3 is 0 Å². The maximum atomic E-state index is 2.51. The highest BCUT2D eigenvalue weighted by Crippen LogP contribution is 2.55. The molecule has 0 nitrogen and oxygen atoms in total. The summed E-state index contributed by atoms with van der Waals surface area (Å²) < 4.78 is 0. The van der Waals surface area contributed by atoms with Crippen LogP contribution in [0.2, 0.25) is 0 Å². The topological polar surface area (TPSA) is 0 Å². The van der Waals surface area contributed by atoms with Crippen molar-refractivity contribution in [2.24, 2.45) is 0 Å². The maximum absolute atomic E-state index is 2.51. The molecule has 0 N–H and O–H groups in total. The van der Waals surface area contributed by atoms with E-state index in [2.05, 4.69) is 37.6 Å². The summed E-state index contributed by atoms with van der Waals surface area (Å²) in [6.07, 6.45) is 19.8. The lowest BCUT2D eigenvalue weighted by atomic mass is 9.99. The third kappa shape index (κ3) is 4.60. The molecular formula is C22H34P. The van der Waals surface area contributed by atoms with Gasteiger partial charge in [0.25, 0.3) is 0 Å². The van der Waals surface area contributed by atoms with Crippen LogP contribution in [-0.4, -0.2) is 11.3 Å². The molecule has 0 aromatic heterocycles. The van der Waals surface area contributed by atoms with Crippen molar-refractivity contribution in [2.45, 2.75) is 95.3 Å². The van der Waals surface area contributed by atoms with Gasteiger partial charge in [-0.3, -0.25) is 0 Å². The zero-order valence-corrected chi connectivity index (χ0v) is 15.9. The summed E-state index contributed by atoms with van der Waals surface area (Å²) in [6.45, 7) is 2.27. The lowest BCUT2D eigenvalue weighted by molar-refractivity contribution is 0.487. The van der Waals surface area contributed by atoms with Crippen LogP contribution in [0.3, 0.4) is 0 Å². The molecule has 2 fully saturated rings. The Balaban J connectivity index is 1.87. The number of hydrogen-bond acceptors (Lipinski definition) is 0. The summed E-state index contributed by atoms with van der Waals surface area (Å²) in [5.41, 5.74) is 3.69. The van der Waals surface area contributed by atoms with Gasteiger partial charge in [0.1, 0.15) is 0 Å². The summed E-state index contributed by atoms with van der Waals surface area (Å²) in [5, 5.41) is 1.78. The molecular weight excluding hydrogens is 295 g/mol. The first-order valence-electron chi connectivity index (χ1n) is 10.1. The number of hydrogen-bond donors (Lipinski definition) is 0. The highest BCUT2D eigenvalue weighted by atomic mass is 31.1. The molecule has 3 rings (SSSR count). The zero-order chi connectivity index (χ0) is 15.9. The normalized spacial score (nSPS) is 21.0. The van der Waals surface area contributed by atoms with Gasteiger partial charge in [-0.1, -0.05) is 84.1 Å². The quantitative estimate of drug-likeness (QED) is 0.515. The minimum atomic E-state index is 0.0506. The summed E-state index contributed by atoms with van der Waals surface area (Å²) in [6, 6.07) is 9.50. The molecule has 0 saturated heterocycles. The van der Waals surface area contributed by atoms with Crippen molar-refractivity contribution in [3.63, 3.8) is 0 Å². The molecule has 2 aliphatic rings. The van der Waals surface area contributed by atoms with E-state index in [9.17, 15) is 0 Å². The molecule has 0 unspecified atom stereocenters. The van der Waals surface area contributed by atoms with Crippen molar-refractivity contribution in [3.8, 4) is 0 Å². The van der Waals surface area contributed by atoms with E-state index in [1.807, 2.05) is 0 Å². The van der Waals surface area contributed by atoms with Crippen LogP contribution in [0.1, 0.15) is 83.1 Å². The second-order valence-corrected chi connectivity index (χ2v) is 10.3. The SMILES string of the molecule is CC[CH]Cc1ccccc1P(C1CCCCC1)C1CCCCC1. The number of benzene rings is 1.